The van der Waals surface area contributed by atoms with E-state index in [0.717, 1.165) is 16.8 Å². The summed E-state index contributed by atoms with van der Waals surface area (Å²) in [6.45, 7) is 3.96. The van der Waals surface area contributed by atoms with Crippen LogP contribution in [0.4, 0.5) is 0 Å². The van der Waals surface area contributed by atoms with E-state index in [-0.39, 0.29) is 11.3 Å². The van der Waals surface area contributed by atoms with Crippen molar-refractivity contribution in [3.05, 3.63) is 87.6 Å². The van der Waals surface area contributed by atoms with Gasteiger partial charge in [-0.2, -0.15) is 0 Å². The average molecular weight is 420 g/mol. The molecular formula is C23H20N2O4S. The van der Waals surface area contributed by atoms with Gasteiger partial charge in [-0.05, 0) is 49.2 Å². The quantitative estimate of drug-likeness (QED) is 0.265. The highest BCUT2D eigenvalue weighted by Gasteiger charge is 2.18. The fourth-order valence-electron chi connectivity index (χ4n) is 3.37. The van der Waals surface area contributed by atoms with E-state index in [2.05, 4.69) is 4.74 Å². The van der Waals surface area contributed by atoms with Crippen molar-refractivity contribution in [3.8, 4) is 5.69 Å². The molecule has 2 aromatic carbocycles. The molecule has 4 rings (SSSR count). The number of aromatic nitrogens is 2. The Morgan fingerprint density at radius 3 is 2.53 bits per heavy atom. The van der Waals surface area contributed by atoms with Crippen LogP contribution < -0.4 is 5.56 Å². The van der Waals surface area contributed by atoms with Gasteiger partial charge in [0.25, 0.3) is 5.56 Å². The number of furan rings is 1. The molecule has 152 valence electrons. The largest absolute Gasteiger partial charge is 0.463 e. The van der Waals surface area contributed by atoms with Crippen LogP contribution in [0.15, 0.2) is 69.0 Å². The molecule has 0 atom stereocenters. The summed E-state index contributed by atoms with van der Waals surface area (Å²) in [5.41, 5.74) is 3.33. The number of para-hydroxylation sites is 2. The molecule has 4 aromatic rings. The fourth-order valence-corrected chi connectivity index (χ4v) is 4.26. The van der Waals surface area contributed by atoms with Crippen LogP contribution in [0.1, 0.15) is 27.4 Å². The van der Waals surface area contributed by atoms with Crippen LogP contribution >= 0.6 is 11.8 Å². The van der Waals surface area contributed by atoms with Gasteiger partial charge in [0.15, 0.2) is 5.16 Å². The molecule has 0 N–H and O–H groups in total. The Kier molecular flexibility index (Phi) is 5.46. The zero-order valence-corrected chi connectivity index (χ0v) is 17.7. The summed E-state index contributed by atoms with van der Waals surface area (Å²) in [6.07, 6.45) is 0. The zero-order valence-electron chi connectivity index (χ0n) is 16.8. The first-order valence-electron chi connectivity index (χ1n) is 9.38. The molecule has 0 saturated carbocycles. The van der Waals surface area contributed by atoms with Gasteiger partial charge < -0.3 is 9.15 Å². The summed E-state index contributed by atoms with van der Waals surface area (Å²) in [5.74, 6) is 0.622. The van der Waals surface area contributed by atoms with E-state index in [1.165, 1.54) is 18.9 Å². The van der Waals surface area contributed by atoms with Gasteiger partial charge in [-0.15, -0.1) is 0 Å². The van der Waals surface area contributed by atoms with Crippen molar-refractivity contribution in [1.82, 2.24) is 9.55 Å². The van der Waals surface area contributed by atoms with Gasteiger partial charge in [0, 0.05) is 0 Å². The number of methoxy groups -OCH3 is 1. The molecule has 0 radical (unpaired) electrons. The molecule has 0 aliphatic rings. The van der Waals surface area contributed by atoms with Crippen LogP contribution in [-0.2, 0) is 10.5 Å². The van der Waals surface area contributed by atoms with Crippen molar-refractivity contribution in [2.75, 3.05) is 7.11 Å². The third kappa shape index (κ3) is 3.64. The Balaban J connectivity index is 1.81. The predicted molar refractivity (Wildman–Crippen MR) is 116 cm³/mol. The number of carbonyl (C=O) groups excluding carboxylic acids is 1. The third-order valence-corrected chi connectivity index (χ3v) is 5.76. The summed E-state index contributed by atoms with van der Waals surface area (Å²) in [6, 6.07) is 16.6. The zero-order chi connectivity index (χ0) is 21.3. The van der Waals surface area contributed by atoms with Gasteiger partial charge >= 0.3 is 5.97 Å². The van der Waals surface area contributed by atoms with Gasteiger partial charge in [0.05, 0.1) is 29.5 Å². The van der Waals surface area contributed by atoms with E-state index < -0.39 is 5.97 Å². The monoisotopic (exact) mass is 420 g/mol. The van der Waals surface area contributed by atoms with Crippen molar-refractivity contribution < 1.29 is 13.9 Å². The van der Waals surface area contributed by atoms with Gasteiger partial charge in [-0.1, -0.05) is 42.1 Å². The highest BCUT2D eigenvalue weighted by molar-refractivity contribution is 7.98. The topological polar surface area (TPSA) is 74.3 Å². The fraction of sp³-hybridized carbons (Fsp3) is 0.174. The number of benzene rings is 2. The number of hydrogen-bond acceptors (Lipinski definition) is 6. The van der Waals surface area contributed by atoms with Crippen LogP contribution in [0.3, 0.4) is 0 Å². The molecule has 2 aromatic heterocycles. The first kappa shape index (κ1) is 20.0. The average Bonchev–Trinajstić information content (AvgIpc) is 3.22. The van der Waals surface area contributed by atoms with Crippen LogP contribution in [0.5, 0.6) is 0 Å². The lowest BCUT2D eigenvalue weighted by molar-refractivity contribution is 0.0563. The Morgan fingerprint density at radius 2 is 1.80 bits per heavy atom. The van der Waals surface area contributed by atoms with Gasteiger partial charge in [0.2, 0.25) is 5.76 Å². The number of thioether (sulfide) groups is 1. The predicted octanol–water partition coefficient (Wildman–Crippen LogP) is 4.67. The molecule has 6 nitrogen and oxygen atoms in total. The molecule has 0 saturated heterocycles. The summed E-state index contributed by atoms with van der Waals surface area (Å²) in [5, 5.41) is 1.13. The minimum absolute atomic E-state index is 0.116. The maximum atomic E-state index is 13.4. The molecule has 0 spiro atoms. The minimum Gasteiger partial charge on any atom is -0.463 e. The van der Waals surface area contributed by atoms with Crippen molar-refractivity contribution in [2.45, 2.75) is 24.8 Å². The van der Waals surface area contributed by atoms with Gasteiger partial charge in [0.1, 0.15) is 5.76 Å². The second kappa shape index (κ2) is 8.20. The SMILES string of the molecule is COC(=O)c1ccc(CSc2nc3ccccc3c(=O)n2-c2c(C)cccc2C)o1. The highest BCUT2D eigenvalue weighted by atomic mass is 32.2. The summed E-state index contributed by atoms with van der Waals surface area (Å²) < 4.78 is 11.9. The molecule has 7 heteroatoms. The summed E-state index contributed by atoms with van der Waals surface area (Å²) >= 11 is 1.38. The van der Waals surface area contributed by atoms with E-state index in [4.69, 9.17) is 9.40 Å². The first-order valence-corrected chi connectivity index (χ1v) is 10.4. The third-order valence-electron chi connectivity index (χ3n) is 4.80. The summed E-state index contributed by atoms with van der Waals surface area (Å²) in [4.78, 5) is 29.8. The molecule has 2 heterocycles. The standard InChI is InChI=1S/C23H20N2O4S/c1-14-7-6-8-15(2)20(14)25-21(26)17-9-4-5-10-18(17)24-23(25)30-13-16-11-12-19(29-16)22(27)28-3/h4-12H,13H2,1-3H3. The van der Waals surface area contributed by atoms with Gasteiger partial charge in [-0.25, -0.2) is 9.78 Å². The van der Waals surface area contributed by atoms with Crippen molar-refractivity contribution >= 4 is 28.6 Å². The van der Waals surface area contributed by atoms with Crippen LogP contribution in [-0.4, -0.2) is 22.6 Å². The number of carbonyl (C=O) groups is 1. The Morgan fingerprint density at radius 1 is 1.07 bits per heavy atom. The molecule has 0 unspecified atom stereocenters. The lowest BCUT2D eigenvalue weighted by Gasteiger charge is -2.17. The maximum Gasteiger partial charge on any atom is 0.373 e. The number of aryl methyl sites for hydroxylation is 2. The number of esters is 1. The van der Waals surface area contributed by atoms with Crippen molar-refractivity contribution in [1.29, 1.82) is 0 Å². The van der Waals surface area contributed by atoms with Crippen LogP contribution in [0.2, 0.25) is 0 Å². The number of rotatable bonds is 5. The molecule has 0 aliphatic heterocycles. The number of nitrogens with zero attached hydrogens (tertiary/aromatic N) is 2. The van der Waals surface area contributed by atoms with E-state index in [9.17, 15) is 9.59 Å². The van der Waals surface area contributed by atoms with E-state index in [0.29, 0.717) is 27.6 Å². The maximum absolute atomic E-state index is 13.4. The smallest absolute Gasteiger partial charge is 0.373 e. The molecule has 0 aliphatic carbocycles. The number of fused-ring (bicyclic) bond motifs is 1. The molecule has 0 amide bonds. The molecule has 0 fully saturated rings. The second-order valence-electron chi connectivity index (χ2n) is 6.84. The normalized spacial score (nSPS) is 11.0. The molecular weight excluding hydrogens is 400 g/mol. The van der Waals surface area contributed by atoms with E-state index >= 15 is 0 Å². The lowest BCUT2D eigenvalue weighted by Crippen LogP contribution is -2.23. The number of ether oxygens (including phenoxy) is 1. The molecule has 0 bridgehead atoms. The number of hydrogen-bond donors (Lipinski definition) is 0. The van der Waals surface area contributed by atoms with Crippen molar-refractivity contribution in [2.24, 2.45) is 0 Å². The summed E-state index contributed by atoms with van der Waals surface area (Å²) in [7, 11) is 1.31. The van der Waals surface area contributed by atoms with Crippen molar-refractivity contribution in [3.63, 3.8) is 0 Å². The van der Waals surface area contributed by atoms with E-state index in [1.54, 1.807) is 22.8 Å². The highest BCUT2D eigenvalue weighted by Crippen LogP contribution is 2.28. The minimum atomic E-state index is -0.525. The van der Waals surface area contributed by atoms with Gasteiger partial charge in [-0.3, -0.25) is 9.36 Å². The Bertz CT molecular complexity index is 1290. The molecule has 30 heavy (non-hydrogen) atoms. The Hall–Kier alpha value is -3.32. The van der Waals surface area contributed by atoms with Crippen LogP contribution in [0.25, 0.3) is 16.6 Å². The van der Waals surface area contributed by atoms with Crippen LogP contribution in [0, 0.1) is 13.8 Å². The lowest BCUT2D eigenvalue weighted by atomic mass is 10.1. The first-order chi connectivity index (χ1) is 14.5. The second-order valence-corrected chi connectivity index (χ2v) is 7.78. The Labute approximate surface area is 177 Å². The van der Waals surface area contributed by atoms with E-state index in [1.807, 2.05) is 50.2 Å².